The average Bonchev–Trinajstić information content (AvgIpc) is 2.90. The number of aliphatic hydroxyl groups is 1. The lowest BCUT2D eigenvalue weighted by atomic mass is 10.1. The number of nitrogens with zero attached hydrogens (tertiary/aromatic N) is 1. The summed E-state index contributed by atoms with van der Waals surface area (Å²) >= 11 is 0. The van der Waals surface area contributed by atoms with Crippen molar-refractivity contribution < 1.29 is 14.6 Å². The quantitative estimate of drug-likeness (QED) is 0.887. The molecule has 4 heteroatoms. The molecule has 19 heavy (non-hydrogen) atoms. The van der Waals surface area contributed by atoms with Crippen molar-refractivity contribution in [3.63, 3.8) is 0 Å². The number of ether oxygens (including phenoxy) is 2. The first-order valence-corrected chi connectivity index (χ1v) is 6.81. The lowest BCUT2D eigenvalue weighted by molar-refractivity contribution is 0.116. The van der Waals surface area contributed by atoms with Crippen LogP contribution in [0.25, 0.3) is 0 Å². The van der Waals surface area contributed by atoms with Crippen molar-refractivity contribution in [2.24, 2.45) is 0 Å². The van der Waals surface area contributed by atoms with Gasteiger partial charge in [0.2, 0.25) is 0 Å². The number of aliphatic hydroxyl groups excluding tert-OH is 1. The topological polar surface area (TPSA) is 41.9 Å². The highest BCUT2D eigenvalue weighted by molar-refractivity contribution is 5.60. The number of hydrogen-bond acceptors (Lipinski definition) is 4. The molecule has 1 saturated heterocycles. The van der Waals surface area contributed by atoms with Crippen molar-refractivity contribution in [1.82, 2.24) is 0 Å². The van der Waals surface area contributed by atoms with Gasteiger partial charge in [0.1, 0.15) is 5.75 Å². The molecule has 1 aliphatic rings. The van der Waals surface area contributed by atoms with Crippen LogP contribution < -0.4 is 9.64 Å². The summed E-state index contributed by atoms with van der Waals surface area (Å²) < 4.78 is 11.0. The molecule has 0 aliphatic carbocycles. The Morgan fingerprint density at radius 1 is 1.53 bits per heavy atom. The summed E-state index contributed by atoms with van der Waals surface area (Å²) in [5.74, 6) is 0.728. The summed E-state index contributed by atoms with van der Waals surface area (Å²) in [5, 5.41) is 9.99. The minimum atomic E-state index is -0.557. The van der Waals surface area contributed by atoms with E-state index in [4.69, 9.17) is 9.47 Å². The molecule has 1 fully saturated rings. The van der Waals surface area contributed by atoms with Crippen LogP contribution in [0.3, 0.4) is 0 Å². The van der Waals surface area contributed by atoms with Gasteiger partial charge in [-0.05, 0) is 31.9 Å². The summed E-state index contributed by atoms with van der Waals surface area (Å²) in [6, 6.07) is 5.84. The average molecular weight is 265 g/mol. The second kappa shape index (κ2) is 6.26. The van der Waals surface area contributed by atoms with E-state index in [1.54, 1.807) is 14.0 Å². The largest absolute Gasteiger partial charge is 0.496 e. The van der Waals surface area contributed by atoms with Crippen molar-refractivity contribution in [2.45, 2.75) is 32.0 Å². The Morgan fingerprint density at radius 3 is 2.89 bits per heavy atom. The molecule has 1 N–H and O–H groups in total. The third kappa shape index (κ3) is 3.19. The number of rotatable bonds is 5. The normalized spacial score (nSPS) is 20.3. The predicted octanol–water partition coefficient (Wildman–Crippen LogP) is 2.36. The lowest BCUT2D eigenvalue weighted by Gasteiger charge is -2.27. The molecule has 2 rings (SSSR count). The number of likely N-dealkylation sites (N-methyl/N-ethyl adjacent to an activating group) is 1. The minimum absolute atomic E-state index is 0.290. The monoisotopic (exact) mass is 265 g/mol. The van der Waals surface area contributed by atoms with Crippen LogP contribution in [-0.2, 0) is 4.74 Å². The Kier molecular flexibility index (Phi) is 4.66. The van der Waals surface area contributed by atoms with Crippen LogP contribution in [-0.4, -0.2) is 38.5 Å². The fraction of sp³-hybridized carbons (Fsp3) is 0.600. The van der Waals surface area contributed by atoms with Crippen molar-refractivity contribution in [3.8, 4) is 5.75 Å². The zero-order valence-electron chi connectivity index (χ0n) is 11.9. The van der Waals surface area contributed by atoms with Gasteiger partial charge in [0, 0.05) is 31.5 Å². The highest BCUT2D eigenvalue weighted by atomic mass is 16.5. The molecular formula is C15H23NO3. The van der Waals surface area contributed by atoms with Gasteiger partial charge in [-0.3, -0.25) is 0 Å². The number of hydrogen-bond donors (Lipinski definition) is 1. The second-order valence-electron chi connectivity index (χ2n) is 5.08. The van der Waals surface area contributed by atoms with Crippen molar-refractivity contribution in [3.05, 3.63) is 23.8 Å². The third-order valence-electron chi connectivity index (χ3n) is 3.59. The molecule has 0 bridgehead atoms. The molecular weight excluding hydrogens is 242 g/mol. The smallest absolute Gasteiger partial charge is 0.126 e. The van der Waals surface area contributed by atoms with Gasteiger partial charge < -0.3 is 19.5 Å². The van der Waals surface area contributed by atoms with Gasteiger partial charge in [-0.2, -0.15) is 0 Å². The molecule has 4 nitrogen and oxygen atoms in total. The molecule has 0 radical (unpaired) electrons. The van der Waals surface area contributed by atoms with Crippen molar-refractivity contribution >= 4 is 5.69 Å². The van der Waals surface area contributed by atoms with Gasteiger partial charge in [0.25, 0.3) is 0 Å². The summed E-state index contributed by atoms with van der Waals surface area (Å²) in [6.45, 7) is 3.47. The maximum Gasteiger partial charge on any atom is 0.126 e. The van der Waals surface area contributed by atoms with E-state index in [1.807, 2.05) is 25.2 Å². The minimum Gasteiger partial charge on any atom is -0.496 e. The van der Waals surface area contributed by atoms with E-state index in [9.17, 15) is 5.11 Å². The van der Waals surface area contributed by atoms with Crippen molar-refractivity contribution in [1.29, 1.82) is 0 Å². The van der Waals surface area contributed by atoms with Crippen LogP contribution in [0.5, 0.6) is 5.75 Å². The van der Waals surface area contributed by atoms with Gasteiger partial charge in [-0.25, -0.2) is 0 Å². The maximum atomic E-state index is 9.99. The molecule has 0 saturated carbocycles. The molecule has 1 aromatic carbocycles. The van der Waals surface area contributed by atoms with E-state index in [0.717, 1.165) is 43.0 Å². The van der Waals surface area contributed by atoms with Crippen LogP contribution in [0, 0.1) is 0 Å². The van der Waals surface area contributed by atoms with Crippen LogP contribution in [0.15, 0.2) is 18.2 Å². The molecule has 1 unspecified atom stereocenters. The number of benzene rings is 1. The molecule has 0 amide bonds. The van der Waals surface area contributed by atoms with Crippen LogP contribution in [0.4, 0.5) is 5.69 Å². The molecule has 2 atom stereocenters. The van der Waals surface area contributed by atoms with Gasteiger partial charge in [-0.1, -0.05) is 6.07 Å². The molecule has 106 valence electrons. The summed E-state index contributed by atoms with van der Waals surface area (Å²) in [4.78, 5) is 2.14. The number of methoxy groups -OCH3 is 1. The fourth-order valence-corrected chi connectivity index (χ4v) is 2.66. The SMILES string of the molecule is COc1cccc(N(C)CC2CCCO2)c1[C@@H](C)O. The van der Waals surface area contributed by atoms with E-state index in [0.29, 0.717) is 0 Å². The Balaban J connectivity index is 2.22. The highest BCUT2D eigenvalue weighted by Crippen LogP contribution is 2.34. The second-order valence-corrected chi connectivity index (χ2v) is 5.08. The standard InChI is InChI=1S/C15H23NO3/c1-11(17)15-13(7-4-8-14(15)18-3)16(2)10-12-6-5-9-19-12/h4,7-8,11-12,17H,5-6,9-10H2,1-3H3/t11-,12?/m1/s1. The fourth-order valence-electron chi connectivity index (χ4n) is 2.66. The zero-order chi connectivity index (χ0) is 13.8. The molecule has 0 spiro atoms. The molecule has 0 aromatic heterocycles. The summed E-state index contributed by atoms with van der Waals surface area (Å²) in [6.07, 6.45) is 1.98. The van der Waals surface area contributed by atoms with Crippen LogP contribution in [0.1, 0.15) is 31.4 Å². The van der Waals surface area contributed by atoms with Gasteiger partial charge in [0.15, 0.2) is 0 Å². The Labute approximate surface area is 114 Å². The Hall–Kier alpha value is -1.26. The van der Waals surface area contributed by atoms with E-state index in [2.05, 4.69) is 4.90 Å². The third-order valence-corrected chi connectivity index (χ3v) is 3.59. The van der Waals surface area contributed by atoms with Crippen LogP contribution >= 0.6 is 0 Å². The van der Waals surface area contributed by atoms with Gasteiger partial charge in [0.05, 0.1) is 19.3 Å². The molecule has 1 heterocycles. The predicted molar refractivity (Wildman–Crippen MR) is 75.9 cm³/mol. The first-order valence-electron chi connectivity index (χ1n) is 6.81. The van der Waals surface area contributed by atoms with Gasteiger partial charge >= 0.3 is 0 Å². The van der Waals surface area contributed by atoms with E-state index in [1.165, 1.54) is 0 Å². The highest BCUT2D eigenvalue weighted by Gasteiger charge is 2.21. The summed E-state index contributed by atoms with van der Waals surface area (Å²) in [5.41, 5.74) is 1.84. The zero-order valence-corrected chi connectivity index (χ0v) is 11.9. The Bertz CT molecular complexity index is 414. The van der Waals surface area contributed by atoms with Crippen molar-refractivity contribution in [2.75, 3.05) is 32.2 Å². The van der Waals surface area contributed by atoms with E-state index in [-0.39, 0.29) is 6.10 Å². The van der Waals surface area contributed by atoms with Crippen LogP contribution in [0.2, 0.25) is 0 Å². The summed E-state index contributed by atoms with van der Waals surface area (Å²) in [7, 11) is 3.66. The Morgan fingerprint density at radius 2 is 2.32 bits per heavy atom. The molecule has 1 aromatic rings. The number of anilines is 1. The van der Waals surface area contributed by atoms with E-state index >= 15 is 0 Å². The van der Waals surface area contributed by atoms with E-state index < -0.39 is 6.10 Å². The van der Waals surface area contributed by atoms with Gasteiger partial charge in [-0.15, -0.1) is 0 Å². The first kappa shape index (κ1) is 14.2. The first-order chi connectivity index (χ1) is 9.13. The maximum absolute atomic E-state index is 9.99. The molecule has 1 aliphatic heterocycles. The lowest BCUT2D eigenvalue weighted by Crippen LogP contribution is -2.29.